The zero-order valence-corrected chi connectivity index (χ0v) is 16.8. The van der Waals surface area contributed by atoms with Gasteiger partial charge in [0.1, 0.15) is 18.9 Å². The van der Waals surface area contributed by atoms with Gasteiger partial charge in [-0.15, -0.1) is 0 Å². The molecule has 0 fully saturated rings. The minimum Gasteiger partial charge on any atom is -0.486 e. The molecule has 4 rings (SSSR count). The monoisotopic (exact) mass is 442 g/mol. The van der Waals surface area contributed by atoms with Crippen molar-refractivity contribution < 1.29 is 32.2 Å². The van der Waals surface area contributed by atoms with Gasteiger partial charge in [-0.25, -0.2) is 4.68 Å². The van der Waals surface area contributed by atoms with E-state index >= 15 is 0 Å². The number of hydrogen-bond acceptors (Lipinski definition) is 5. The molecule has 0 radical (unpaired) electrons. The molecule has 0 unspecified atom stereocenters. The number of nitrogens with zero attached hydrogens (tertiary/aromatic N) is 2. The molecule has 1 aromatic heterocycles. The minimum absolute atomic E-state index is 0.174. The molecule has 1 aliphatic heterocycles. The first kappa shape index (κ1) is 21.4. The fraction of sp³-hybridized carbons (Fsp3) is 0.174. The second-order valence-electron chi connectivity index (χ2n) is 7.01. The Morgan fingerprint density at radius 3 is 2.38 bits per heavy atom. The van der Waals surface area contributed by atoms with Gasteiger partial charge in [0.05, 0.1) is 11.3 Å². The fourth-order valence-electron chi connectivity index (χ4n) is 3.26. The maximum absolute atomic E-state index is 13.1. The maximum atomic E-state index is 13.1. The van der Waals surface area contributed by atoms with Crippen molar-refractivity contribution in [2.24, 2.45) is 0 Å². The lowest BCUT2D eigenvalue weighted by molar-refractivity contribution is -0.166. The van der Waals surface area contributed by atoms with Gasteiger partial charge in [-0.1, -0.05) is 18.2 Å². The normalized spacial score (nSPS) is 13.7. The molecule has 0 bridgehead atoms. The van der Waals surface area contributed by atoms with E-state index in [-0.39, 0.29) is 11.3 Å². The van der Waals surface area contributed by atoms with Gasteiger partial charge in [-0.3, -0.25) is 9.59 Å². The van der Waals surface area contributed by atoms with Crippen LogP contribution in [0.25, 0.3) is 23.0 Å². The first-order valence-corrected chi connectivity index (χ1v) is 9.63. The van der Waals surface area contributed by atoms with E-state index in [0.29, 0.717) is 36.0 Å². The number of halogens is 3. The van der Waals surface area contributed by atoms with Crippen LogP contribution >= 0.6 is 0 Å². The lowest BCUT2D eigenvalue weighted by atomic mass is 10.0. The predicted molar refractivity (Wildman–Crippen MR) is 110 cm³/mol. The van der Waals surface area contributed by atoms with Gasteiger partial charge in [0.15, 0.2) is 17.3 Å². The predicted octanol–water partition coefficient (Wildman–Crippen LogP) is 4.41. The van der Waals surface area contributed by atoms with Crippen LogP contribution in [-0.2, 0) is 9.59 Å². The number of rotatable bonds is 5. The van der Waals surface area contributed by atoms with E-state index in [1.54, 1.807) is 42.5 Å². The number of ketones is 2. The van der Waals surface area contributed by atoms with Crippen molar-refractivity contribution >= 4 is 17.6 Å². The van der Waals surface area contributed by atoms with E-state index in [2.05, 4.69) is 5.10 Å². The SMILES string of the molecule is CC(=O)C(=Cc1cn(-c2ccccc2)nc1-c1ccc2c(c1)OCCO2)C(=O)C(F)(F)F. The lowest BCUT2D eigenvalue weighted by Gasteiger charge is -2.18. The molecule has 0 N–H and O–H groups in total. The summed E-state index contributed by atoms with van der Waals surface area (Å²) in [7, 11) is 0. The highest BCUT2D eigenvalue weighted by atomic mass is 19.4. The van der Waals surface area contributed by atoms with Crippen molar-refractivity contribution in [3.63, 3.8) is 0 Å². The lowest BCUT2D eigenvalue weighted by Crippen LogP contribution is -2.27. The van der Waals surface area contributed by atoms with E-state index < -0.39 is 23.3 Å². The topological polar surface area (TPSA) is 70.4 Å². The Morgan fingerprint density at radius 1 is 1.03 bits per heavy atom. The molecular formula is C23H17F3N2O4. The highest BCUT2D eigenvalue weighted by Crippen LogP contribution is 2.36. The Kier molecular flexibility index (Phi) is 5.56. The van der Waals surface area contributed by atoms with Crippen LogP contribution in [0.15, 0.2) is 60.3 Å². The van der Waals surface area contributed by atoms with Gasteiger partial charge in [-0.05, 0) is 43.3 Å². The second-order valence-corrected chi connectivity index (χ2v) is 7.01. The first-order chi connectivity index (χ1) is 15.2. The minimum atomic E-state index is -5.18. The van der Waals surface area contributed by atoms with Crippen LogP contribution in [0.4, 0.5) is 13.2 Å². The number of alkyl halides is 3. The average Bonchev–Trinajstić information content (AvgIpc) is 3.20. The zero-order valence-electron chi connectivity index (χ0n) is 16.8. The summed E-state index contributed by atoms with van der Waals surface area (Å²) in [4.78, 5) is 23.7. The van der Waals surface area contributed by atoms with Crippen LogP contribution in [-0.4, -0.2) is 40.7 Å². The third kappa shape index (κ3) is 4.27. The molecule has 2 heterocycles. The quantitative estimate of drug-likeness (QED) is 0.333. The highest BCUT2D eigenvalue weighted by Gasteiger charge is 2.42. The van der Waals surface area contributed by atoms with Crippen LogP contribution in [0, 0.1) is 0 Å². The van der Waals surface area contributed by atoms with Crippen molar-refractivity contribution in [1.29, 1.82) is 0 Å². The van der Waals surface area contributed by atoms with E-state index in [1.165, 1.54) is 10.9 Å². The van der Waals surface area contributed by atoms with Crippen LogP contribution in [0.1, 0.15) is 12.5 Å². The smallest absolute Gasteiger partial charge is 0.455 e. The zero-order chi connectivity index (χ0) is 22.9. The molecule has 32 heavy (non-hydrogen) atoms. The Morgan fingerprint density at radius 2 is 1.72 bits per heavy atom. The van der Waals surface area contributed by atoms with Crippen LogP contribution in [0.3, 0.4) is 0 Å². The molecule has 164 valence electrons. The van der Waals surface area contributed by atoms with E-state index in [9.17, 15) is 22.8 Å². The van der Waals surface area contributed by atoms with Crippen molar-refractivity contribution in [3.05, 3.63) is 65.9 Å². The summed E-state index contributed by atoms with van der Waals surface area (Å²) in [6.07, 6.45) is -2.78. The summed E-state index contributed by atoms with van der Waals surface area (Å²) in [5.41, 5.74) is 0.659. The molecular weight excluding hydrogens is 425 g/mol. The largest absolute Gasteiger partial charge is 0.486 e. The summed E-state index contributed by atoms with van der Waals surface area (Å²) in [6.45, 7) is 1.68. The van der Waals surface area contributed by atoms with Gasteiger partial charge < -0.3 is 9.47 Å². The number of para-hydroxylation sites is 1. The van der Waals surface area contributed by atoms with Crippen molar-refractivity contribution in [2.45, 2.75) is 13.1 Å². The van der Waals surface area contributed by atoms with Gasteiger partial charge in [-0.2, -0.15) is 18.3 Å². The van der Waals surface area contributed by atoms with Gasteiger partial charge >= 0.3 is 6.18 Å². The molecule has 0 atom stereocenters. The molecule has 3 aromatic rings. The Labute approximate surface area is 180 Å². The molecule has 0 spiro atoms. The van der Waals surface area contributed by atoms with Crippen molar-refractivity contribution in [3.8, 4) is 28.4 Å². The van der Waals surface area contributed by atoms with E-state index in [1.807, 2.05) is 6.07 Å². The molecule has 9 heteroatoms. The Hall–Kier alpha value is -3.88. The van der Waals surface area contributed by atoms with Crippen LogP contribution < -0.4 is 9.47 Å². The van der Waals surface area contributed by atoms with Crippen molar-refractivity contribution in [2.75, 3.05) is 13.2 Å². The summed E-state index contributed by atoms with van der Waals surface area (Å²) in [6, 6.07) is 13.9. The Balaban J connectivity index is 1.88. The summed E-state index contributed by atoms with van der Waals surface area (Å²) < 4.78 is 51.7. The number of aromatic nitrogens is 2. The summed E-state index contributed by atoms with van der Waals surface area (Å²) >= 11 is 0. The number of benzene rings is 2. The fourth-order valence-corrected chi connectivity index (χ4v) is 3.26. The Bertz CT molecular complexity index is 1210. The molecule has 0 amide bonds. The highest BCUT2D eigenvalue weighted by molar-refractivity contribution is 6.24. The summed E-state index contributed by atoms with van der Waals surface area (Å²) in [5.74, 6) is -2.19. The number of fused-ring (bicyclic) bond motifs is 1. The third-order valence-electron chi connectivity index (χ3n) is 4.76. The van der Waals surface area contributed by atoms with E-state index in [0.717, 1.165) is 13.0 Å². The van der Waals surface area contributed by atoms with Crippen LogP contribution in [0.5, 0.6) is 11.5 Å². The third-order valence-corrected chi connectivity index (χ3v) is 4.76. The molecule has 6 nitrogen and oxygen atoms in total. The second kappa shape index (κ2) is 8.33. The number of Topliss-reactive ketones (excluding diaryl/α,β-unsaturated/α-hetero) is 2. The molecule has 1 aliphatic rings. The molecule has 0 saturated heterocycles. The maximum Gasteiger partial charge on any atom is 0.455 e. The number of carbonyl (C=O) groups is 2. The van der Waals surface area contributed by atoms with Crippen molar-refractivity contribution in [1.82, 2.24) is 9.78 Å². The number of allylic oxidation sites excluding steroid dienone is 1. The first-order valence-electron chi connectivity index (χ1n) is 9.63. The van der Waals surface area contributed by atoms with Crippen LogP contribution in [0.2, 0.25) is 0 Å². The average molecular weight is 442 g/mol. The molecule has 0 aliphatic carbocycles. The molecule has 0 saturated carbocycles. The standard InChI is InChI=1S/C23H17F3N2O4/c1-14(29)18(22(30)23(24,25)26)11-16-13-28(17-5-3-2-4-6-17)27-21(16)15-7-8-19-20(12-15)32-10-9-31-19/h2-8,11-13H,9-10H2,1H3. The van der Waals surface area contributed by atoms with Gasteiger partial charge in [0.25, 0.3) is 5.78 Å². The number of hydrogen-bond donors (Lipinski definition) is 0. The number of carbonyl (C=O) groups excluding carboxylic acids is 2. The van der Waals surface area contributed by atoms with Gasteiger partial charge in [0.2, 0.25) is 0 Å². The van der Waals surface area contributed by atoms with E-state index in [4.69, 9.17) is 9.47 Å². The van der Waals surface area contributed by atoms with Gasteiger partial charge in [0, 0.05) is 17.3 Å². The molecule has 2 aromatic carbocycles. The summed E-state index contributed by atoms with van der Waals surface area (Å²) in [5, 5.41) is 4.51. The number of ether oxygens (including phenoxy) is 2.